The second-order valence-electron chi connectivity index (χ2n) is 3.76. The summed E-state index contributed by atoms with van der Waals surface area (Å²) >= 11 is 10.5. The van der Waals surface area contributed by atoms with Gasteiger partial charge in [-0.1, -0.05) is 31.4 Å². The fraction of sp³-hybridized carbons (Fsp3) is 0.636. The molecule has 0 aliphatic heterocycles. The summed E-state index contributed by atoms with van der Waals surface area (Å²) in [6, 6.07) is 0. The molecule has 0 aromatic heterocycles. The predicted molar refractivity (Wildman–Crippen MR) is 71.4 cm³/mol. The van der Waals surface area contributed by atoms with Gasteiger partial charge in [-0.15, -0.1) is 0 Å². The first-order valence-electron chi connectivity index (χ1n) is 5.36. The minimum atomic E-state index is 0.760. The molecule has 4 heteroatoms. The fourth-order valence-electron chi connectivity index (χ4n) is 1.76. The first kappa shape index (κ1) is 12.7. The van der Waals surface area contributed by atoms with Gasteiger partial charge in [-0.3, -0.25) is 0 Å². The minimum Gasteiger partial charge on any atom is -0.373 e. The maximum atomic E-state index is 5.46. The molecule has 0 saturated carbocycles. The van der Waals surface area contributed by atoms with Crippen LogP contribution in [0.5, 0.6) is 0 Å². The van der Waals surface area contributed by atoms with Gasteiger partial charge < -0.3 is 10.6 Å². The van der Waals surface area contributed by atoms with Crippen molar-refractivity contribution in [1.82, 2.24) is 0 Å². The van der Waals surface area contributed by atoms with E-state index < -0.39 is 0 Å². The van der Waals surface area contributed by atoms with Crippen LogP contribution in [0.4, 0.5) is 5.69 Å². The van der Waals surface area contributed by atoms with Gasteiger partial charge in [0.2, 0.25) is 0 Å². The smallest absolute Gasteiger partial charge is 0.0798 e. The maximum absolute atomic E-state index is 5.46. The van der Waals surface area contributed by atoms with Gasteiger partial charge >= 0.3 is 0 Å². The van der Waals surface area contributed by atoms with Crippen molar-refractivity contribution in [3.8, 4) is 0 Å². The van der Waals surface area contributed by atoms with Gasteiger partial charge in [0.05, 0.1) is 14.7 Å². The summed E-state index contributed by atoms with van der Waals surface area (Å²) in [5, 5.41) is 0. The lowest BCUT2D eigenvalue weighted by molar-refractivity contribution is 0.724. The molecule has 0 spiro atoms. The van der Waals surface area contributed by atoms with E-state index in [4.69, 9.17) is 30.2 Å². The van der Waals surface area contributed by atoms with Crippen LogP contribution in [-0.4, -0.2) is 20.1 Å². The van der Waals surface area contributed by atoms with Gasteiger partial charge in [-0.2, -0.15) is 0 Å². The van der Waals surface area contributed by atoms with Gasteiger partial charge in [0.15, 0.2) is 0 Å². The number of anilines is 1. The molecular weight excluding hydrogens is 224 g/mol. The van der Waals surface area contributed by atoms with Crippen molar-refractivity contribution < 1.29 is 0 Å². The summed E-state index contributed by atoms with van der Waals surface area (Å²) in [4.78, 5) is 2.21. The lowest BCUT2D eigenvalue weighted by Gasteiger charge is -2.25. The molecule has 2 N–H and O–H groups in total. The highest BCUT2D eigenvalue weighted by molar-refractivity contribution is 7.74. The molecule has 0 saturated heterocycles. The Bertz CT molecular complexity index is 391. The van der Waals surface area contributed by atoms with E-state index in [1.165, 1.54) is 11.3 Å². The zero-order valence-electron chi connectivity index (χ0n) is 9.38. The van der Waals surface area contributed by atoms with Crippen molar-refractivity contribution in [2.24, 2.45) is 5.73 Å². The monoisotopic (exact) mass is 242 g/mol. The standard InChI is InChI=1S/C11H18N2S2/c1-3-8-9(11(15)10(8)14)13(2)7-5-4-6-12/h3-7,12H2,1-2H3. The summed E-state index contributed by atoms with van der Waals surface area (Å²) in [5.41, 5.74) is 7.91. The molecule has 0 aliphatic rings. The fourth-order valence-corrected chi connectivity index (χ4v) is 2.50. The number of hydrogen-bond acceptors (Lipinski definition) is 4. The van der Waals surface area contributed by atoms with Crippen molar-refractivity contribution in [3.63, 3.8) is 0 Å². The van der Waals surface area contributed by atoms with Gasteiger partial charge in [0.25, 0.3) is 0 Å². The van der Waals surface area contributed by atoms with E-state index in [1.807, 2.05) is 0 Å². The van der Waals surface area contributed by atoms with E-state index in [0.29, 0.717) is 0 Å². The van der Waals surface area contributed by atoms with Gasteiger partial charge in [0.1, 0.15) is 0 Å². The SMILES string of the molecule is CCc1c(N(C)CCCCN)c(=S)c1=S. The summed E-state index contributed by atoms with van der Waals surface area (Å²) in [6.45, 7) is 3.90. The van der Waals surface area contributed by atoms with E-state index >= 15 is 0 Å². The maximum Gasteiger partial charge on any atom is 0.0798 e. The largest absolute Gasteiger partial charge is 0.373 e. The Morgan fingerprint density at radius 2 is 1.87 bits per heavy atom. The molecule has 84 valence electrons. The Balaban J connectivity index is 2.66. The van der Waals surface area contributed by atoms with Gasteiger partial charge in [-0.05, 0) is 31.4 Å². The van der Waals surface area contributed by atoms with Crippen LogP contribution in [0.25, 0.3) is 0 Å². The van der Waals surface area contributed by atoms with E-state index in [1.54, 1.807) is 0 Å². The molecule has 0 aliphatic carbocycles. The molecule has 1 aromatic rings. The van der Waals surface area contributed by atoms with Crippen LogP contribution in [-0.2, 0) is 6.42 Å². The molecule has 0 fully saturated rings. The van der Waals surface area contributed by atoms with Crippen LogP contribution < -0.4 is 10.6 Å². The molecule has 15 heavy (non-hydrogen) atoms. The highest BCUT2D eigenvalue weighted by Crippen LogP contribution is 2.30. The summed E-state index contributed by atoms with van der Waals surface area (Å²) in [6.07, 6.45) is 3.16. The second kappa shape index (κ2) is 5.68. The molecular formula is C11H18N2S2. The van der Waals surface area contributed by atoms with Crippen LogP contribution in [0.15, 0.2) is 0 Å². The number of nitrogens with zero attached hydrogens (tertiary/aromatic N) is 1. The topological polar surface area (TPSA) is 29.3 Å². The van der Waals surface area contributed by atoms with Crippen molar-refractivity contribution in [3.05, 3.63) is 14.6 Å². The van der Waals surface area contributed by atoms with Crippen LogP contribution >= 0.6 is 24.4 Å². The quantitative estimate of drug-likeness (QED) is 0.613. The third-order valence-electron chi connectivity index (χ3n) is 2.66. The van der Waals surface area contributed by atoms with Crippen molar-refractivity contribution in [1.29, 1.82) is 0 Å². The zero-order chi connectivity index (χ0) is 11.4. The van der Waals surface area contributed by atoms with Crippen LogP contribution in [0, 0.1) is 9.02 Å². The number of nitrogens with two attached hydrogens (primary N) is 1. The second-order valence-corrected chi connectivity index (χ2v) is 4.57. The Morgan fingerprint density at radius 1 is 1.20 bits per heavy atom. The van der Waals surface area contributed by atoms with E-state index in [-0.39, 0.29) is 0 Å². The molecule has 0 atom stereocenters. The van der Waals surface area contributed by atoms with Crippen LogP contribution in [0.2, 0.25) is 0 Å². The molecule has 0 radical (unpaired) electrons. The first-order valence-corrected chi connectivity index (χ1v) is 6.18. The summed E-state index contributed by atoms with van der Waals surface area (Å²) in [7, 11) is 2.08. The molecule has 0 unspecified atom stereocenters. The highest BCUT2D eigenvalue weighted by Gasteiger charge is 2.15. The zero-order valence-corrected chi connectivity index (χ0v) is 11.0. The van der Waals surface area contributed by atoms with Crippen LogP contribution in [0.1, 0.15) is 25.3 Å². The molecule has 2 nitrogen and oxygen atoms in total. The third kappa shape index (κ3) is 2.62. The van der Waals surface area contributed by atoms with Gasteiger partial charge in [-0.25, -0.2) is 0 Å². The first-order chi connectivity index (χ1) is 7.13. The molecule has 0 heterocycles. The number of rotatable bonds is 6. The van der Waals surface area contributed by atoms with E-state index in [9.17, 15) is 0 Å². The lowest BCUT2D eigenvalue weighted by atomic mass is 10.1. The van der Waals surface area contributed by atoms with Crippen LogP contribution in [0.3, 0.4) is 0 Å². The molecule has 0 bridgehead atoms. The number of hydrogen-bond donors (Lipinski definition) is 1. The summed E-state index contributed by atoms with van der Waals surface area (Å²) in [5.74, 6) is 0. The Labute approximate surface area is 102 Å². The Hall–Kier alpha value is -0.320. The molecule has 1 rings (SSSR count). The normalized spacial score (nSPS) is 10.9. The van der Waals surface area contributed by atoms with Crippen molar-refractivity contribution >= 4 is 30.1 Å². The minimum absolute atomic E-state index is 0.760. The van der Waals surface area contributed by atoms with Crippen molar-refractivity contribution in [2.75, 3.05) is 25.0 Å². The molecule has 1 aromatic carbocycles. The Kier molecular flexibility index (Phi) is 4.83. The van der Waals surface area contributed by atoms with Gasteiger partial charge in [0, 0.05) is 13.6 Å². The summed E-state index contributed by atoms with van der Waals surface area (Å²) < 4.78 is 1.77. The highest BCUT2D eigenvalue weighted by atomic mass is 32.1. The number of unbranched alkanes of at least 4 members (excludes halogenated alkanes) is 1. The Morgan fingerprint density at radius 3 is 2.40 bits per heavy atom. The average molecular weight is 242 g/mol. The average Bonchev–Trinajstić information content (AvgIpc) is 2.24. The van der Waals surface area contributed by atoms with Crippen molar-refractivity contribution in [2.45, 2.75) is 26.2 Å². The third-order valence-corrected chi connectivity index (χ3v) is 3.64. The van der Waals surface area contributed by atoms with E-state index in [0.717, 1.165) is 41.4 Å². The predicted octanol–water partition coefficient (Wildman–Crippen LogP) is 2.76. The lowest BCUT2D eigenvalue weighted by Crippen LogP contribution is -2.23. The van der Waals surface area contributed by atoms with E-state index in [2.05, 4.69) is 18.9 Å². The molecule has 0 amide bonds.